The summed E-state index contributed by atoms with van der Waals surface area (Å²) in [5.41, 5.74) is -1.05. The summed E-state index contributed by atoms with van der Waals surface area (Å²) in [6.07, 6.45) is -4.29. The van der Waals surface area contributed by atoms with Gasteiger partial charge in [-0.3, -0.25) is 0 Å². The van der Waals surface area contributed by atoms with Gasteiger partial charge in [0, 0.05) is 11.5 Å². The molecule has 2 aromatic heterocycles. The molecular formula is C14H12F3N3OS. The number of nitrogens with one attached hydrogen (secondary N) is 1. The number of hydrogen-bond donors (Lipinski definition) is 2. The second kappa shape index (κ2) is 6.77. The van der Waals surface area contributed by atoms with Crippen LogP contribution in [0.25, 0.3) is 0 Å². The largest absolute Gasteiger partial charge is 0.433 e. The van der Waals surface area contributed by atoms with Crippen molar-refractivity contribution in [2.45, 2.75) is 18.6 Å². The lowest BCUT2D eigenvalue weighted by atomic mass is 10.1. The number of nitriles is 1. The van der Waals surface area contributed by atoms with Gasteiger partial charge in [-0.1, -0.05) is 6.07 Å². The highest BCUT2D eigenvalue weighted by molar-refractivity contribution is 7.10. The van der Waals surface area contributed by atoms with Crippen LogP contribution in [0.3, 0.4) is 0 Å². The van der Waals surface area contributed by atoms with E-state index >= 15 is 0 Å². The Morgan fingerprint density at radius 1 is 1.36 bits per heavy atom. The molecule has 22 heavy (non-hydrogen) atoms. The summed E-state index contributed by atoms with van der Waals surface area (Å²) in [5.74, 6) is -0.135. The molecule has 0 aliphatic carbocycles. The average molecular weight is 327 g/mol. The fourth-order valence-corrected chi connectivity index (χ4v) is 2.70. The Balaban J connectivity index is 2.35. The number of aromatic nitrogens is 1. The summed E-state index contributed by atoms with van der Waals surface area (Å²) < 4.78 is 38.3. The van der Waals surface area contributed by atoms with E-state index in [1.165, 1.54) is 11.3 Å². The zero-order chi connectivity index (χ0) is 16.2. The van der Waals surface area contributed by atoms with Gasteiger partial charge in [0.15, 0.2) is 0 Å². The summed E-state index contributed by atoms with van der Waals surface area (Å²) in [7, 11) is 0. The van der Waals surface area contributed by atoms with Crippen LogP contribution in [-0.2, 0) is 6.18 Å². The third-order valence-electron chi connectivity index (χ3n) is 2.92. The van der Waals surface area contributed by atoms with E-state index in [9.17, 15) is 13.2 Å². The molecule has 4 nitrogen and oxygen atoms in total. The molecular weight excluding hydrogens is 315 g/mol. The Morgan fingerprint density at radius 2 is 2.14 bits per heavy atom. The molecule has 2 N–H and O–H groups in total. The predicted octanol–water partition coefficient (Wildman–Crippen LogP) is 3.57. The lowest BCUT2D eigenvalue weighted by molar-refractivity contribution is -0.141. The first-order chi connectivity index (χ1) is 10.5. The van der Waals surface area contributed by atoms with Crippen LogP contribution in [-0.4, -0.2) is 16.7 Å². The van der Waals surface area contributed by atoms with Crippen LogP contribution in [0.15, 0.2) is 29.6 Å². The highest BCUT2D eigenvalue weighted by Crippen LogP contribution is 2.31. The zero-order valence-corrected chi connectivity index (χ0v) is 12.1. The number of aliphatic hydroxyl groups excluding tert-OH is 1. The summed E-state index contributed by atoms with van der Waals surface area (Å²) in [6.45, 7) is -0.142. The summed E-state index contributed by atoms with van der Waals surface area (Å²) >= 11 is 1.41. The molecule has 8 heteroatoms. The Morgan fingerprint density at radius 3 is 2.68 bits per heavy atom. The Labute approximate surface area is 128 Å². The van der Waals surface area contributed by atoms with Crippen LogP contribution in [0.1, 0.15) is 28.6 Å². The molecule has 116 valence electrons. The third kappa shape index (κ3) is 3.75. The molecule has 0 radical (unpaired) electrons. The van der Waals surface area contributed by atoms with Crippen LogP contribution in [0, 0.1) is 11.3 Å². The SMILES string of the molecule is N#Cc1ccc(C(F)(F)F)nc1NC(CCO)c1cccs1. The van der Waals surface area contributed by atoms with Crippen molar-refractivity contribution < 1.29 is 18.3 Å². The van der Waals surface area contributed by atoms with Crippen molar-refractivity contribution in [3.63, 3.8) is 0 Å². The van der Waals surface area contributed by atoms with E-state index in [0.717, 1.165) is 17.0 Å². The highest BCUT2D eigenvalue weighted by atomic mass is 32.1. The summed E-state index contributed by atoms with van der Waals surface area (Å²) in [6, 6.07) is 6.87. The zero-order valence-electron chi connectivity index (χ0n) is 11.3. The second-order valence-corrected chi connectivity index (χ2v) is 5.41. The number of thiophene rings is 1. The van der Waals surface area contributed by atoms with E-state index in [2.05, 4.69) is 10.3 Å². The van der Waals surface area contributed by atoms with Crippen molar-refractivity contribution in [2.75, 3.05) is 11.9 Å². The molecule has 0 saturated heterocycles. The molecule has 0 spiro atoms. The number of halogens is 3. The van der Waals surface area contributed by atoms with Crippen LogP contribution in [0.4, 0.5) is 19.0 Å². The number of pyridine rings is 1. The van der Waals surface area contributed by atoms with Gasteiger partial charge in [-0.25, -0.2) is 4.98 Å². The Kier molecular flexibility index (Phi) is 5.00. The number of hydrogen-bond acceptors (Lipinski definition) is 5. The minimum absolute atomic E-state index is 0.0208. The monoisotopic (exact) mass is 327 g/mol. The second-order valence-electron chi connectivity index (χ2n) is 4.43. The molecule has 2 rings (SSSR count). The number of nitrogens with zero attached hydrogens (tertiary/aromatic N) is 2. The van der Waals surface area contributed by atoms with Crippen LogP contribution in [0.2, 0.25) is 0 Å². The predicted molar refractivity (Wildman–Crippen MR) is 76.3 cm³/mol. The van der Waals surface area contributed by atoms with Crippen molar-refractivity contribution in [3.05, 3.63) is 45.8 Å². The first-order valence-electron chi connectivity index (χ1n) is 6.35. The molecule has 1 atom stereocenters. The van der Waals surface area contributed by atoms with Crippen LogP contribution >= 0.6 is 11.3 Å². The first kappa shape index (κ1) is 16.3. The topological polar surface area (TPSA) is 68.9 Å². The van der Waals surface area contributed by atoms with Gasteiger partial charge in [0.2, 0.25) is 0 Å². The van der Waals surface area contributed by atoms with Gasteiger partial charge in [-0.15, -0.1) is 11.3 Å². The first-order valence-corrected chi connectivity index (χ1v) is 7.23. The van der Waals surface area contributed by atoms with Crippen molar-refractivity contribution in [1.29, 1.82) is 5.26 Å². The van der Waals surface area contributed by atoms with E-state index < -0.39 is 17.9 Å². The minimum atomic E-state index is -4.58. The Bertz CT molecular complexity index is 665. The number of alkyl halides is 3. The molecule has 0 aliphatic heterocycles. The molecule has 1 unspecified atom stereocenters. The average Bonchev–Trinajstić information content (AvgIpc) is 3.00. The molecule has 0 bridgehead atoms. The lowest BCUT2D eigenvalue weighted by Crippen LogP contribution is -2.16. The van der Waals surface area contributed by atoms with Crippen LogP contribution < -0.4 is 5.32 Å². The van der Waals surface area contributed by atoms with Crippen LogP contribution in [0.5, 0.6) is 0 Å². The van der Waals surface area contributed by atoms with E-state index in [1.54, 1.807) is 12.1 Å². The lowest BCUT2D eigenvalue weighted by Gasteiger charge is -2.18. The van der Waals surface area contributed by atoms with Gasteiger partial charge >= 0.3 is 6.18 Å². The molecule has 0 fully saturated rings. The number of rotatable bonds is 5. The number of aliphatic hydroxyl groups is 1. The third-order valence-corrected chi connectivity index (χ3v) is 3.91. The standard InChI is InChI=1S/C14H12F3N3OS/c15-14(16,17)12-4-3-9(8-18)13(20-12)19-10(5-6-21)11-2-1-7-22-11/h1-4,7,10,21H,5-6H2,(H,19,20). The quantitative estimate of drug-likeness (QED) is 0.881. The highest BCUT2D eigenvalue weighted by Gasteiger charge is 2.33. The van der Waals surface area contributed by atoms with Crippen molar-refractivity contribution >= 4 is 17.2 Å². The molecule has 2 aromatic rings. The minimum Gasteiger partial charge on any atom is -0.396 e. The van der Waals surface area contributed by atoms with Gasteiger partial charge in [0.05, 0.1) is 11.6 Å². The normalized spacial score (nSPS) is 12.7. The van der Waals surface area contributed by atoms with E-state index in [0.29, 0.717) is 6.42 Å². The molecule has 0 saturated carbocycles. The van der Waals surface area contributed by atoms with Gasteiger partial charge in [-0.05, 0) is 30.0 Å². The fraction of sp³-hybridized carbons (Fsp3) is 0.286. The molecule has 0 amide bonds. The van der Waals surface area contributed by atoms with E-state index in [4.69, 9.17) is 10.4 Å². The smallest absolute Gasteiger partial charge is 0.396 e. The summed E-state index contributed by atoms with van der Waals surface area (Å²) in [5, 5.41) is 22.8. The van der Waals surface area contributed by atoms with Gasteiger partial charge in [0.1, 0.15) is 17.6 Å². The Hall–Kier alpha value is -2.11. The van der Waals surface area contributed by atoms with Gasteiger partial charge in [-0.2, -0.15) is 18.4 Å². The van der Waals surface area contributed by atoms with Crippen molar-refractivity contribution in [3.8, 4) is 6.07 Å². The van der Waals surface area contributed by atoms with E-state index in [-0.39, 0.29) is 18.0 Å². The maximum Gasteiger partial charge on any atom is 0.433 e. The van der Waals surface area contributed by atoms with E-state index in [1.807, 2.05) is 11.4 Å². The molecule has 0 aromatic carbocycles. The molecule has 2 heterocycles. The maximum absolute atomic E-state index is 12.8. The van der Waals surface area contributed by atoms with Crippen molar-refractivity contribution in [1.82, 2.24) is 4.98 Å². The molecule has 0 aliphatic rings. The van der Waals surface area contributed by atoms with Crippen molar-refractivity contribution in [2.24, 2.45) is 0 Å². The fourth-order valence-electron chi connectivity index (χ4n) is 1.89. The number of anilines is 1. The van der Waals surface area contributed by atoms with Gasteiger partial charge in [0.25, 0.3) is 0 Å². The maximum atomic E-state index is 12.8. The summed E-state index contributed by atoms with van der Waals surface area (Å²) in [4.78, 5) is 4.36. The van der Waals surface area contributed by atoms with Gasteiger partial charge < -0.3 is 10.4 Å².